The van der Waals surface area contributed by atoms with Crippen molar-refractivity contribution in [3.8, 4) is 11.5 Å². The molecule has 1 aliphatic heterocycles. The molecule has 0 spiro atoms. The third-order valence-electron chi connectivity index (χ3n) is 4.64. The van der Waals surface area contributed by atoms with E-state index in [9.17, 15) is 9.18 Å². The van der Waals surface area contributed by atoms with Crippen molar-refractivity contribution in [1.82, 2.24) is 0 Å². The lowest BCUT2D eigenvalue weighted by Crippen LogP contribution is -2.41. The van der Waals surface area contributed by atoms with Crippen LogP contribution in [0.25, 0.3) is 0 Å². The highest BCUT2D eigenvalue weighted by molar-refractivity contribution is 6.30. The third kappa shape index (κ3) is 3.41. The second-order valence-corrected chi connectivity index (χ2v) is 6.84. The molecule has 1 amide bonds. The Morgan fingerprint density at radius 2 is 1.86 bits per heavy atom. The van der Waals surface area contributed by atoms with Crippen LogP contribution in [-0.4, -0.2) is 13.0 Å². The van der Waals surface area contributed by atoms with Crippen molar-refractivity contribution in [2.45, 2.75) is 12.6 Å². The minimum absolute atomic E-state index is 0.156. The molecule has 4 nitrogen and oxygen atoms in total. The molecule has 0 fully saturated rings. The summed E-state index contributed by atoms with van der Waals surface area (Å²) in [6.45, 7) is 0.328. The molecule has 0 N–H and O–H groups in total. The first-order valence-electron chi connectivity index (χ1n) is 8.72. The van der Waals surface area contributed by atoms with Gasteiger partial charge in [0.1, 0.15) is 17.3 Å². The first kappa shape index (κ1) is 18.3. The topological polar surface area (TPSA) is 38.8 Å². The van der Waals surface area contributed by atoms with Gasteiger partial charge < -0.3 is 14.4 Å². The van der Waals surface area contributed by atoms with Gasteiger partial charge in [-0.2, -0.15) is 0 Å². The van der Waals surface area contributed by atoms with Gasteiger partial charge >= 0.3 is 0 Å². The number of para-hydroxylation sites is 2. The zero-order chi connectivity index (χ0) is 19.7. The van der Waals surface area contributed by atoms with Gasteiger partial charge in [0, 0.05) is 10.6 Å². The molecular formula is C22H17ClFNO3. The van der Waals surface area contributed by atoms with Crippen molar-refractivity contribution in [2.75, 3.05) is 12.0 Å². The predicted molar refractivity (Wildman–Crippen MR) is 105 cm³/mol. The lowest BCUT2D eigenvalue weighted by Gasteiger charge is -2.34. The number of halogens is 2. The van der Waals surface area contributed by atoms with Gasteiger partial charge in [-0.3, -0.25) is 4.79 Å². The molecule has 1 unspecified atom stereocenters. The fourth-order valence-electron chi connectivity index (χ4n) is 3.20. The molecule has 4 rings (SSSR count). The number of rotatable bonds is 4. The molecule has 0 radical (unpaired) electrons. The monoisotopic (exact) mass is 397 g/mol. The number of methoxy groups -OCH3 is 1. The average Bonchev–Trinajstić information content (AvgIpc) is 2.71. The average molecular weight is 398 g/mol. The van der Waals surface area contributed by atoms with E-state index >= 15 is 0 Å². The van der Waals surface area contributed by atoms with Crippen molar-refractivity contribution in [1.29, 1.82) is 0 Å². The van der Waals surface area contributed by atoms with Gasteiger partial charge in [0.25, 0.3) is 5.91 Å². The van der Waals surface area contributed by atoms with Crippen LogP contribution in [0.4, 0.5) is 10.1 Å². The SMILES string of the molecule is COc1ccc(CN2C(=O)C(c3ccc(Cl)cc3F)Oc3ccccc32)cc1. The summed E-state index contributed by atoms with van der Waals surface area (Å²) in [5.41, 5.74) is 1.72. The van der Waals surface area contributed by atoms with Crippen LogP contribution in [0.3, 0.4) is 0 Å². The van der Waals surface area contributed by atoms with Gasteiger partial charge in [-0.1, -0.05) is 41.9 Å². The van der Waals surface area contributed by atoms with E-state index in [4.69, 9.17) is 21.1 Å². The number of carbonyl (C=O) groups excluding carboxylic acids is 1. The molecule has 0 bridgehead atoms. The van der Waals surface area contributed by atoms with Gasteiger partial charge in [0.15, 0.2) is 0 Å². The number of fused-ring (bicyclic) bond motifs is 1. The zero-order valence-electron chi connectivity index (χ0n) is 15.1. The Balaban J connectivity index is 1.72. The lowest BCUT2D eigenvalue weighted by molar-refractivity contribution is -0.126. The molecule has 1 heterocycles. The van der Waals surface area contributed by atoms with Crippen LogP contribution in [0.5, 0.6) is 11.5 Å². The third-order valence-corrected chi connectivity index (χ3v) is 4.87. The second kappa shape index (κ2) is 7.52. The Kier molecular flexibility index (Phi) is 4.92. The minimum atomic E-state index is -1.08. The van der Waals surface area contributed by atoms with Crippen LogP contribution in [0.2, 0.25) is 5.02 Å². The normalized spacial score (nSPS) is 15.8. The maximum atomic E-state index is 14.5. The second-order valence-electron chi connectivity index (χ2n) is 6.40. The Morgan fingerprint density at radius 1 is 1.11 bits per heavy atom. The number of anilines is 1. The molecule has 1 atom stereocenters. The molecular weight excluding hydrogens is 381 g/mol. The molecule has 3 aromatic rings. The van der Waals surface area contributed by atoms with E-state index in [1.165, 1.54) is 12.1 Å². The molecule has 3 aromatic carbocycles. The number of hydrogen-bond donors (Lipinski definition) is 0. The van der Waals surface area contributed by atoms with E-state index in [-0.39, 0.29) is 16.5 Å². The fraction of sp³-hybridized carbons (Fsp3) is 0.136. The molecule has 6 heteroatoms. The van der Waals surface area contributed by atoms with Crippen molar-refractivity contribution >= 4 is 23.2 Å². The summed E-state index contributed by atoms with van der Waals surface area (Å²) >= 11 is 5.85. The lowest BCUT2D eigenvalue weighted by atomic mass is 10.0. The predicted octanol–water partition coefficient (Wildman–Crippen LogP) is 5.15. The van der Waals surface area contributed by atoms with E-state index in [0.717, 1.165) is 11.3 Å². The fourth-order valence-corrected chi connectivity index (χ4v) is 3.36. The van der Waals surface area contributed by atoms with E-state index in [1.54, 1.807) is 24.1 Å². The maximum Gasteiger partial charge on any atom is 0.273 e. The number of amides is 1. The van der Waals surface area contributed by atoms with E-state index < -0.39 is 11.9 Å². The highest BCUT2D eigenvalue weighted by Gasteiger charge is 2.36. The number of carbonyl (C=O) groups is 1. The molecule has 28 heavy (non-hydrogen) atoms. The van der Waals surface area contributed by atoms with Crippen molar-refractivity contribution < 1.29 is 18.7 Å². The van der Waals surface area contributed by atoms with Crippen LogP contribution < -0.4 is 14.4 Å². The summed E-state index contributed by atoms with van der Waals surface area (Å²) in [6.07, 6.45) is -1.08. The maximum absolute atomic E-state index is 14.5. The van der Waals surface area contributed by atoms with Crippen LogP contribution >= 0.6 is 11.6 Å². The minimum Gasteiger partial charge on any atom is -0.497 e. The number of benzene rings is 3. The summed E-state index contributed by atoms with van der Waals surface area (Å²) in [4.78, 5) is 14.8. The van der Waals surface area contributed by atoms with E-state index in [0.29, 0.717) is 18.0 Å². The summed E-state index contributed by atoms with van der Waals surface area (Å²) < 4.78 is 25.5. The van der Waals surface area contributed by atoms with Gasteiger partial charge in [0.05, 0.1) is 19.3 Å². The van der Waals surface area contributed by atoms with E-state index in [2.05, 4.69) is 0 Å². The van der Waals surface area contributed by atoms with Crippen molar-refractivity contribution in [3.63, 3.8) is 0 Å². The zero-order valence-corrected chi connectivity index (χ0v) is 15.8. The number of hydrogen-bond acceptors (Lipinski definition) is 3. The summed E-state index contributed by atoms with van der Waals surface area (Å²) in [7, 11) is 1.60. The number of ether oxygens (including phenoxy) is 2. The van der Waals surface area contributed by atoms with Crippen molar-refractivity contribution in [3.05, 3.63) is 88.7 Å². The molecule has 0 saturated heterocycles. The molecule has 1 aliphatic rings. The smallest absolute Gasteiger partial charge is 0.273 e. The van der Waals surface area contributed by atoms with E-state index in [1.807, 2.05) is 42.5 Å². The molecule has 0 aromatic heterocycles. The highest BCUT2D eigenvalue weighted by atomic mass is 35.5. The first-order chi connectivity index (χ1) is 13.6. The summed E-state index contributed by atoms with van der Waals surface area (Å²) in [6, 6.07) is 18.9. The number of nitrogens with zero attached hydrogens (tertiary/aromatic N) is 1. The highest BCUT2D eigenvalue weighted by Crippen LogP contribution is 2.40. The molecule has 0 saturated carbocycles. The first-order valence-corrected chi connectivity index (χ1v) is 9.09. The molecule has 0 aliphatic carbocycles. The summed E-state index contributed by atoms with van der Waals surface area (Å²) in [5.74, 6) is 0.346. The molecule has 142 valence electrons. The van der Waals surface area contributed by atoms with Crippen LogP contribution in [-0.2, 0) is 11.3 Å². The summed E-state index contributed by atoms with van der Waals surface area (Å²) in [5, 5.41) is 0.264. The van der Waals surface area contributed by atoms with Gasteiger partial charge in [-0.15, -0.1) is 0 Å². The Hall–Kier alpha value is -3.05. The standard InChI is InChI=1S/C22H17ClFNO3/c1-27-16-9-6-14(7-10-16)13-25-19-4-2-3-5-20(19)28-21(22(25)26)17-11-8-15(23)12-18(17)24/h2-12,21H,13H2,1H3. The quantitative estimate of drug-likeness (QED) is 0.610. The Bertz CT molecular complexity index is 1020. The van der Waals surface area contributed by atoms with Gasteiger partial charge in [0.2, 0.25) is 6.10 Å². The van der Waals surface area contributed by atoms with Crippen LogP contribution in [0.1, 0.15) is 17.2 Å². The van der Waals surface area contributed by atoms with Crippen LogP contribution in [0.15, 0.2) is 66.7 Å². The largest absolute Gasteiger partial charge is 0.497 e. The van der Waals surface area contributed by atoms with Crippen LogP contribution in [0, 0.1) is 5.82 Å². The Labute approximate surface area is 167 Å². The van der Waals surface area contributed by atoms with Crippen molar-refractivity contribution in [2.24, 2.45) is 0 Å². The Morgan fingerprint density at radius 3 is 2.57 bits per heavy atom. The van der Waals surface area contributed by atoms with Gasteiger partial charge in [-0.25, -0.2) is 4.39 Å². The van der Waals surface area contributed by atoms with Gasteiger partial charge in [-0.05, 0) is 42.0 Å².